The van der Waals surface area contributed by atoms with Gasteiger partial charge < -0.3 is 10.1 Å². The highest BCUT2D eigenvalue weighted by atomic mass is 32.2. The number of benzene rings is 2. The third-order valence-electron chi connectivity index (χ3n) is 4.37. The summed E-state index contributed by atoms with van der Waals surface area (Å²) in [5.74, 6) is -1.89. The van der Waals surface area contributed by atoms with Crippen LogP contribution >= 0.6 is 11.8 Å². The van der Waals surface area contributed by atoms with Crippen molar-refractivity contribution in [1.29, 1.82) is 0 Å². The van der Waals surface area contributed by atoms with Crippen molar-refractivity contribution >= 4 is 34.4 Å². The maximum atomic E-state index is 14.3. The molecule has 7 heteroatoms. The molecule has 0 spiro atoms. The first-order valence-corrected chi connectivity index (χ1v) is 10.0. The van der Waals surface area contributed by atoms with Gasteiger partial charge in [-0.15, -0.1) is 0 Å². The number of fused-ring (bicyclic) bond motifs is 1. The van der Waals surface area contributed by atoms with Gasteiger partial charge in [-0.05, 0) is 17.7 Å². The van der Waals surface area contributed by atoms with Gasteiger partial charge in [-0.25, -0.2) is 4.39 Å². The average Bonchev–Trinajstić information content (AvgIpc) is 2.87. The van der Waals surface area contributed by atoms with Crippen LogP contribution in [-0.2, 0) is 31.1 Å². The van der Waals surface area contributed by atoms with Crippen molar-refractivity contribution in [3.63, 3.8) is 0 Å². The minimum atomic E-state index is -1.73. The topological polar surface area (TPSA) is 72.5 Å². The van der Waals surface area contributed by atoms with E-state index < -0.39 is 29.7 Å². The summed E-state index contributed by atoms with van der Waals surface area (Å²) in [6.45, 7) is 5.59. The molecule has 1 atom stereocenters. The number of ether oxygens (including phenoxy) is 1. The Balaban J connectivity index is 1.93. The number of carbonyl (C=O) groups excluding carboxylic acids is 3. The molecule has 1 N–H and O–H groups in total. The van der Waals surface area contributed by atoms with E-state index in [-0.39, 0.29) is 21.8 Å². The number of hydrogen-bond acceptors (Lipinski definition) is 5. The molecule has 0 aliphatic carbocycles. The quantitative estimate of drug-likeness (QED) is 0.585. The lowest BCUT2D eigenvalue weighted by Crippen LogP contribution is -2.42. The minimum absolute atomic E-state index is 0.172. The lowest BCUT2D eigenvalue weighted by molar-refractivity contribution is -0.167. The second-order valence-corrected chi connectivity index (χ2v) is 9.72. The second-order valence-electron chi connectivity index (χ2n) is 7.83. The van der Waals surface area contributed by atoms with Gasteiger partial charge in [0, 0.05) is 22.4 Å². The van der Waals surface area contributed by atoms with E-state index >= 15 is 0 Å². The van der Waals surface area contributed by atoms with Gasteiger partial charge >= 0.3 is 5.97 Å². The van der Waals surface area contributed by atoms with Crippen LogP contribution in [0.25, 0.3) is 0 Å². The molecule has 1 amide bonds. The van der Waals surface area contributed by atoms with Gasteiger partial charge in [0.2, 0.25) is 10.7 Å². The third kappa shape index (κ3) is 4.67. The Labute approximate surface area is 173 Å². The molecule has 0 aromatic heterocycles. The molecule has 2 aromatic rings. The van der Waals surface area contributed by atoms with Gasteiger partial charge in [-0.3, -0.25) is 14.4 Å². The Hall–Kier alpha value is -2.67. The van der Waals surface area contributed by atoms with Crippen molar-refractivity contribution in [3.05, 3.63) is 65.5 Å². The average molecular weight is 415 g/mol. The first-order valence-electron chi connectivity index (χ1n) is 9.19. The number of thioether (sulfide) groups is 1. The molecule has 0 saturated heterocycles. The van der Waals surface area contributed by atoms with E-state index in [0.717, 1.165) is 11.8 Å². The van der Waals surface area contributed by atoms with Gasteiger partial charge in [-0.2, -0.15) is 0 Å². The van der Waals surface area contributed by atoms with Crippen molar-refractivity contribution in [2.24, 2.45) is 0 Å². The van der Waals surface area contributed by atoms with E-state index in [1.165, 1.54) is 6.07 Å². The summed E-state index contributed by atoms with van der Waals surface area (Å²) in [5.41, 5.74) is -0.556. The maximum Gasteiger partial charge on any atom is 0.315 e. The third-order valence-corrected chi connectivity index (χ3v) is 5.36. The number of esters is 1. The molecule has 0 unspecified atom stereocenters. The SMILES string of the molecule is CC(C)(C)SC(=O)CC(=O)O[C@]1(Cc2ccccc2F)C(=O)Nc2ccccc21. The van der Waals surface area contributed by atoms with Crippen LogP contribution in [0, 0.1) is 5.82 Å². The normalized spacial score (nSPS) is 18.1. The zero-order chi connectivity index (χ0) is 21.2. The number of nitrogens with one attached hydrogen (secondary N) is 1. The summed E-state index contributed by atoms with van der Waals surface area (Å²) in [4.78, 5) is 37.7. The minimum Gasteiger partial charge on any atom is -0.443 e. The van der Waals surface area contributed by atoms with E-state index in [4.69, 9.17) is 4.74 Å². The Morgan fingerprint density at radius 1 is 1.10 bits per heavy atom. The van der Waals surface area contributed by atoms with E-state index in [0.29, 0.717) is 11.3 Å². The van der Waals surface area contributed by atoms with Crippen molar-refractivity contribution in [2.75, 3.05) is 5.32 Å². The number of amides is 1. The number of anilines is 1. The monoisotopic (exact) mass is 415 g/mol. The first-order chi connectivity index (χ1) is 13.6. The Morgan fingerprint density at radius 2 is 1.76 bits per heavy atom. The largest absolute Gasteiger partial charge is 0.443 e. The van der Waals surface area contributed by atoms with E-state index in [2.05, 4.69) is 5.32 Å². The highest BCUT2D eigenvalue weighted by molar-refractivity contribution is 8.14. The van der Waals surface area contributed by atoms with E-state index in [1.807, 2.05) is 20.8 Å². The molecule has 0 fully saturated rings. The van der Waals surface area contributed by atoms with Crippen molar-refractivity contribution in [1.82, 2.24) is 0 Å². The number of carbonyl (C=O) groups is 3. The van der Waals surface area contributed by atoms with Crippen molar-refractivity contribution in [2.45, 2.75) is 44.0 Å². The fourth-order valence-corrected chi connectivity index (χ4v) is 4.11. The Morgan fingerprint density at radius 3 is 2.45 bits per heavy atom. The summed E-state index contributed by atoms with van der Waals surface area (Å²) in [6, 6.07) is 12.8. The maximum absolute atomic E-state index is 14.3. The van der Waals surface area contributed by atoms with Crippen molar-refractivity contribution in [3.8, 4) is 0 Å². The summed E-state index contributed by atoms with van der Waals surface area (Å²) in [6.07, 6.45) is -0.648. The fraction of sp³-hybridized carbons (Fsp3) is 0.318. The number of para-hydroxylation sites is 1. The molecule has 1 heterocycles. The van der Waals surface area contributed by atoms with Crippen LogP contribution in [0.1, 0.15) is 38.3 Å². The molecule has 2 aromatic carbocycles. The molecule has 0 saturated carbocycles. The predicted molar refractivity (Wildman–Crippen MR) is 110 cm³/mol. The number of halogens is 1. The van der Waals surface area contributed by atoms with Gasteiger partial charge in [0.05, 0.1) is 0 Å². The number of rotatable bonds is 5. The molecular weight excluding hydrogens is 393 g/mol. The summed E-state index contributed by atoms with van der Waals surface area (Å²) in [7, 11) is 0. The Kier molecular flexibility index (Phi) is 5.80. The lowest BCUT2D eigenvalue weighted by atomic mass is 9.87. The molecule has 0 radical (unpaired) electrons. The number of hydrogen-bond donors (Lipinski definition) is 1. The van der Waals surface area contributed by atoms with Crippen LogP contribution in [-0.4, -0.2) is 21.7 Å². The smallest absolute Gasteiger partial charge is 0.315 e. The lowest BCUT2D eigenvalue weighted by Gasteiger charge is -2.28. The van der Waals surface area contributed by atoms with Gasteiger partial charge in [0.15, 0.2) is 0 Å². The summed E-state index contributed by atoms with van der Waals surface area (Å²) in [5, 5.41) is 2.34. The molecular formula is C22H22FNO4S. The molecule has 1 aliphatic rings. The van der Waals surface area contributed by atoms with E-state index in [1.54, 1.807) is 42.5 Å². The molecule has 5 nitrogen and oxygen atoms in total. The Bertz CT molecular complexity index is 969. The van der Waals surface area contributed by atoms with Crippen LogP contribution in [0.15, 0.2) is 48.5 Å². The van der Waals surface area contributed by atoms with Crippen LogP contribution in [0.3, 0.4) is 0 Å². The highest BCUT2D eigenvalue weighted by Gasteiger charge is 2.51. The molecule has 0 bridgehead atoms. The molecule has 3 rings (SSSR count). The zero-order valence-electron chi connectivity index (χ0n) is 16.5. The molecule has 152 valence electrons. The van der Waals surface area contributed by atoms with Crippen molar-refractivity contribution < 1.29 is 23.5 Å². The summed E-state index contributed by atoms with van der Waals surface area (Å²) >= 11 is 1.03. The van der Waals surface area contributed by atoms with Crippen LogP contribution < -0.4 is 5.32 Å². The van der Waals surface area contributed by atoms with Crippen LogP contribution in [0.5, 0.6) is 0 Å². The second kappa shape index (κ2) is 7.99. The summed E-state index contributed by atoms with van der Waals surface area (Å²) < 4.78 is 19.6. The predicted octanol–water partition coefficient (Wildman–Crippen LogP) is 4.21. The molecule has 29 heavy (non-hydrogen) atoms. The van der Waals surface area contributed by atoms with Gasteiger partial charge in [0.25, 0.3) is 5.91 Å². The fourth-order valence-electron chi connectivity index (χ4n) is 3.24. The molecule has 1 aliphatic heterocycles. The van der Waals surface area contributed by atoms with E-state index in [9.17, 15) is 18.8 Å². The standard InChI is InChI=1S/C22H22FNO4S/c1-21(2,3)29-19(26)12-18(25)28-22(13-14-8-4-6-10-16(14)23)15-9-5-7-11-17(15)24-20(22)27/h4-11H,12-13H2,1-3H3,(H,24,27)/t22-/m0/s1. The van der Waals surface area contributed by atoms with Gasteiger partial charge in [0.1, 0.15) is 12.2 Å². The first kappa shape index (κ1) is 21.0. The van der Waals surface area contributed by atoms with Gasteiger partial charge in [-0.1, -0.05) is 68.9 Å². The van der Waals surface area contributed by atoms with Crippen LogP contribution in [0.2, 0.25) is 0 Å². The highest BCUT2D eigenvalue weighted by Crippen LogP contribution is 2.42. The zero-order valence-corrected chi connectivity index (χ0v) is 17.3. The van der Waals surface area contributed by atoms with Crippen LogP contribution in [0.4, 0.5) is 10.1 Å².